The maximum absolute atomic E-state index is 13.8. The van der Waals surface area contributed by atoms with Crippen molar-refractivity contribution in [2.45, 2.75) is 159 Å². The monoisotopic (exact) mass is 1090 g/mol. The van der Waals surface area contributed by atoms with E-state index in [9.17, 15) is 64.6 Å². The molecule has 2 aromatic rings. The van der Waals surface area contributed by atoms with E-state index in [1.807, 2.05) is 0 Å². The Balaban J connectivity index is 1.49. The van der Waals surface area contributed by atoms with E-state index in [2.05, 4.69) is 21.3 Å². The lowest BCUT2D eigenvalue weighted by molar-refractivity contribution is -0.385. The number of non-ortho nitro benzene ring substituents is 2. The van der Waals surface area contributed by atoms with Gasteiger partial charge < -0.3 is 90.2 Å². The number of hydrogen-bond acceptors (Lipinski definition) is 22. The summed E-state index contributed by atoms with van der Waals surface area (Å²) in [6.45, 7) is 8.70. The number of nitrogens with zero attached hydrogens (tertiary/aromatic N) is 3. The van der Waals surface area contributed by atoms with Crippen LogP contribution in [0.25, 0.3) is 0 Å². The van der Waals surface area contributed by atoms with Crippen LogP contribution in [0.5, 0.6) is 0 Å². The zero-order valence-electron chi connectivity index (χ0n) is 43.6. The highest BCUT2D eigenvalue weighted by Crippen LogP contribution is 2.35. The van der Waals surface area contributed by atoms with Crippen LogP contribution in [0.1, 0.15) is 72.4 Å². The van der Waals surface area contributed by atoms with E-state index >= 15 is 0 Å². The molecule has 1 saturated heterocycles. The highest BCUT2D eigenvalue weighted by molar-refractivity contribution is 5.82. The third-order valence-electron chi connectivity index (χ3n) is 11.9. The second kappa shape index (κ2) is 25.9. The number of nitrogens with one attached hydrogen (secondary N) is 4. The molecule has 29 nitrogen and oxygen atoms in total. The van der Waals surface area contributed by atoms with Crippen molar-refractivity contribution in [2.24, 2.45) is 5.73 Å². The summed E-state index contributed by atoms with van der Waals surface area (Å²) in [4.78, 5) is 88.7. The smallest absolute Gasteiger partial charge is 0.410 e. The number of nitro groups is 2. The van der Waals surface area contributed by atoms with Gasteiger partial charge in [-0.3, -0.25) is 25.0 Å². The largest absolute Gasteiger partial charge is 0.466 e. The molecule has 0 radical (unpaired) electrons. The average Bonchev–Trinajstić information content (AvgIpc) is 3.34. The minimum Gasteiger partial charge on any atom is -0.466 e. The Labute approximate surface area is 441 Å². The Kier molecular flexibility index (Phi) is 20.5. The Morgan fingerprint density at radius 3 is 1.77 bits per heavy atom. The van der Waals surface area contributed by atoms with Crippen molar-refractivity contribution >= 4 is 41.7 Å². The van der Waals surface area contributed by atoms with E-state index in [1.165, 1.54) is 62.5 Å². The molecule has 0 unspecified atom stereocenters. The number of carbonyl (C=O) groups is 5. The van der Waals surface area contributed by atoms with Crippen molar-refractivity contribution < 1.29 is 92.1 Å². The zero-order valence-corrected chi connectivity index (χ0v) is 43.6. The minimum atomic E-state index is -2.04. The van der Waals surface area contributed by atoms with Gasteiger partial charge >= 0.3 is 24.4 Å². The fourth-order valence-corrected chi connectivity index (χ4v) is 8.32. The first kappa shape index (κ1) is 60.9. The van der Waals surface area contributed by atoms with Gasteiger partial charge in [0.2, 0.25) is 6.29 Å². The second-order valence-corrected chi connectivity index (χ2v) is 20.6. The summed E-state index contributed by atoms with van der Waals surface area (Å²) in [6.07, 6.45) is -15.8. The molecular formula is C48H68N8O21. The van der Waals surface area contributed by atoms with Gasteiger partial charge in [-0.25, -0.2) is 19.2 Å². The van der Waals surface area contributed by atoms with E-state index in [-0.39, 0.29) is 36.7 Å². The summed E-state index contributed by atoms with van der Waals surface area (Å²) in [5.74, 6) is -0.978. The molecule has 0 bridgehead atoms. The molecule has 10 N–H and O–H groups in total. The topological polar surface area (TPSA) is 404 Å². The number of alkyl carbamates (subject to hydrolysis) is 3. The third-order valence-corrected chi connectivity index (χ3v) is 11.9. The minimum absolute atomic E-state index is 0.00948. The summed E-state index contributed by atoms with van der Waals surface area (Å²) in [6, 6.07) is 4.76. The number of nitro benzene ring substituents is 2. The number of rotatable bonds is 18. The first-order chi connectivity index (χ1) is 35.9. The maximum atomic E-state index is 13.8. The molecule has 1 aliphatic carbocycles. The molecule has 29 heteroatoms. The molecule has 2 aliphatic heterocycles. The van der Waals surface area contributed by atoms with Crippen molar-refractivity contribution in [1.29, 1.82) is 0 Å². The molecular weight excluding hydrogens is 1020 g/mol. The van der Waals surface area contributed by atoms with Gasteiger partial charge in [0.05, 0.1) is 53.7 Å². The average molecular weight is 1090 g/mol. The van der Waals surface area contributed by atoms with Crippen LogP contribution >= 0.6 is 0 Å². The van der Waals surface area contributed by atoms with E-state index in [0.29, 0.717) is 11.1 Å². The number of likely N-dealkylation sites (N-methyl/N-ethyl adjacent to an activating group) is 1. The predicted molar refractivity (Wildman–Crippen MR) is 264 cm³/mol. The Bertz CT molecular complexity index is 2430. The summed E-state index contributed by atoms with van der Waals surface area (Å²) in [5, 5.41) is 79.4. The molecule has 5 amide bonds. The van der Waals surface area contributed by atoms with Gasteiger partial charge in [-0.2, -0.15) is 0 Å². The van der Waals surface area contributed by atoms with Crippen LogP contribution in [-0.4, -0.2) is 176 Å². The summed E-state index contributed by atoms with van der Waals surface area (Å²) >= 11 is 0. The van der Waals surface area contributed by atoms with Crippen molar-refractivity contribution in [3.63, 3.8) is 0 Å². The number of carbonyl (C=O) groups excluding carboxylic acids is 5. The van der Waals surface area contributed by atoms with E-state index in [4.69, 9.17) is 43.6 Å². The molecule has 3 aliphatic rings. The molecule has 12 atom stereocenters. The van der Waals surface area contributed by atoms with Crippen LogP contribution < -0.4 is 27.0 Å². The number of ether oxygens (including phenoxy) is 8. The van der Waals surface area contributed by atoms with Crippen molar-refractivity contribution in [3.05, 3.63) is 91.7 Å². The molecule has 5 rings (SSSR count). The maximum Gasteiger partial charge on any atom is 0.410 e. The van der Waals surface area contributed by atoms with Gasteiger partial charge in [0, 0.05) is 31.3 Å². The van der Waals surface area contributed by atoms with Crippen LogP contribution in [0.15, 0.2) is 60.4 Å². The first-order valence-corrected chi connectivity index (χ1v) is 24.3. The highest BCUT2D eigenvalue weighted by Gasteiger charge is 2.55. The third kappa shape index (κ3) is 17.5. The van der Waals surface area contributed by atoms with E-state index < -0.39 is 150 Å². The summed E-state index contributed by atoms with van der Waals surface area (Å²) in [5.41, 5.74) is 2.39. The molecule has 426 valence electrons. The second-order valence-electron chi connectivity index (χ2n) is 20.6. The summed E-state index contributed by atoms with van der Waals surface area (Å²) < 4.78 is 46.2. The standard InChI is InChI=1S/C48H68N8O21/c1-46(2,3)76-42(61)50-21-33(57)39(60)51-31-19-32(53-44(63)71-23-26-11-15-28(16-12-26)56(68)69)37(34(58)36(31)75-41-35(59)38(48(7,65)24-72-41)54(8)45(64)77-47(4,5)6)74-40-30(18-17-29(20-49)73-40)52-43(62)70-22-25-9-13-27(14-10-25)55(66)67/h9-17,30-38,40-41,57-59,65H,18-24,49H2,1-8H3,(H,50,61)(H,51,60)(H,52,62)(H,53,63)/t30-,31-,32+,33-,34-,35-,36+,37-,38-,40-,41-,48+/m1/s1. The quantitative estimate of drug-likeness (QED) is 0.0581. The van der Waals surface area contributed by atoms with Crippen LogP contribution in [0, 0.1) is 20.2 Å². The molecule has 0 spiro atoms. The Hall–Kier alpha value is -6.99. The number of aliphatic hydroxyl groups is 4. The van der Waals surface area contributed by atoms with Gasteiger partial charge in [-0.15, -0.1) is 0 Å². The number of nitrogens with two attached hydrogens (primary N) is 1. The number of amides is 5. The fraction of sp³-hybridized carbons (Fsp3) is 0.604. The molecule has 77 heavy (non-hydrogen) atoms. The highest BCUT2D eigenvalue weighted by atomic mass is 16.7. The predicted octanol–water partition coefficient (Wildman–Crippen LogP) is 1.59. The van der Waals surface area contributed by atoms with Crippen LogP contribution in [-0.2, 0) is 55.9 Å². The number of aliphatic hydroxyl groups excluding tert-OH is 3. The first-order valence-electron chi connectivity index (χ1n) is 24.3. The van der Waals surface area contributed by atoms with E-state index in [1.54, 1.807) is 47.6 Å². The van der Waals surface area contributed by atoms with Gasteiger partial charge in [-0.05, 0) is 103 Å². The van der Waals surface area contributed by atoms with Crippen molar-refractivity contribution in [1.82, 2.24) is 26.2 Å². The number of benzene rings is 2. The van der Waals surface area contributed by atoms with Gasteiger partial charge in [0.1, 0.15) is 66.3 Å². The van der Waals surface area contributed by atoms with Crippen molar-refractivity contribution in [2.75, 3.05) is 26.7 Å². The van der Waals surface area contributed by atoms with Crippen LogP contribution in [0.3, 0.4) is 0 Å². The lowest BCUT2D eigenvalue weighted by Gasteiger charge is -2.50. The van der Waals surface area contributed by atoms with Gasteiger partial charge in [0.15, 0.2) is 6.29 Å². The SMILES string of the molecule is CN(C(=O)OC(C)(C)C)[C@@H]1[C@@H](O)[C@@H](O[C@@H]2[C@@H](O)[C@H](O[C@H]3OC(CN)=CC[C@H]3NC(=O)OCc3ccc([N+](=O)[O-])cc3)[C@@H](NC(=O)OCc3ccc([N+](=O)[O-])cc3)C[C@H]2NC(=O)[C@H](O)CNC(=O)OC(C)(C)C)OC[C@]1(C)O. The summed E-state index contributed by atoms with van der Waals surface area (Å²) in [7, 11) is 1.26. The normalized spacial score (nSPS) is 26.7. The zero-order chi connectivity index (χ0) is 57.2. The molecule has 1 saturated carbocycles. The molecule has 2 aromatic carbocycles. The lowest BCUT2D eigenvalue weighted by atomic mass is 9.82. The Morgan fingerprint density at radius 2 is 1.27 bits per heavy atom. The van der Waals surface area contributed by atoms with Crippen LogP contribution in [0.2, 0.25) is 0 Å². The van der Waals surface area contributed by atoms with Crippen LogP contribution in [0.4, 0.5) is 30.6 Å². The van der Waals surface area contributed by atoms with Gasteiger partial charge in [-0.1, -0.05) is 0 Å². The molecule has 2 fully saturated rings. The Morgan fingerprint density at radius 1 is 0.779 bits per heavy atom. The lowest BCUT2D eigenvalue weighted by Crippen LogP contribution is -2.71. The van der Waals surface area contributed by atoms with Gasteiger partial charge in [0.25, 0.3) is 17.3 Å². The fourth-order valence-electron chi connectivity index (χ4n) is 8.32. The van der Waals surface area contributed by atoms with Crippen molar-refractivity contribution in [3.8, 4) is 0 Å². The van der Waals surface area contributed by atoms with E-state index in [0.717, 1.165) is 4.90 Å². The number of hydrogen-bond donors (Lipinski definition) is 9. The molecule has 2 heterocycles. The molecule has 0 aromatic heterocycles.